The van der Waals surface area contributed by atoms with Gasteiger partial charge in [0.1, 0.15) is 6.10 Å². The van der Waals surface area contributed by atoms with Crippen molar-refractivity contribution in [2.45, 2.75) is 38.3 Å². The standard InChI is InChI=1S/C26H28N2O4/c1-18-23(20-10-6-3-7-11-20)32-25(31)28(18)24(30)21-16-26(21)12-14-27(15-13-26)17-22(29)19-8-4-2-5-9-19/h2-11,18,21,23H,12-17H2,1H3/t18-,21?,23-/m1/s1. The van der Waals surface area contributed by atoms with Crippen LogP contribution in [0.1, 0.15) is 48.2 Å². The molecule has 3 aliphatic rings. The van der Waals surface area contributed by atoms with Crippen molar-refractivity contribution in [2.75, 3.05) is 19.6 Å². The molecule has 1 saturated carbocycles. The summed E-state index contributed by atoms with van der Waals surface area (Å²) in [5.74, 6) is -0.0979. The zero-order valence-corrected chi connectivity index (χ0v) is 18.3. The smallest absolute Gasteiger partial charge is 0.417 e. The molecule has 2 aromatic carbocycles. The summed E-state index contributed by atoms with van der Waals surface area (Å²) in [5.41, 5.74) is 1.61. The van der Waals surface area contributed by atoms with E-state index in [0.29, 0.717) is 6.54 Å². The summed E-state index contributed by atoms with van der Waals surface area (Å²) in [6, 6.07) is 18.6. The fraction of sp³-hybridized carbons (Fsp3) is 0.423. The number of carbonyl (C=O) groups is 3. The molecule has 2 aromatic rings. The second kappa shape index (κ2) is 8.17. The summed E-state index contributed by atoms with van der Waals surface area (Å²) in [7, 11) is 0. The number of ketones is 1. The molecule has 0 radical (unpaired) electrons. The van der Waals surface area contributed by atoms with E-state index in [1.165, 1.54) is 4.90 Å². The van der Waals surface area contributed by atoms with Gasteiger partial charge in [-0.2, -0.15) is 0 Å². The highest BCUT2D eigenvalue weighted by Gasteiger charge is 2.61. The van der Waals surface area contributed by atoms with Crippen LogP contribution in [0.5, 0.6) is 0 Å². The Kier molecular flexibility index (Phi) is 5.33. The molecule has 2 heterocycles. The molecule has 2 aliphatic heterocycles. The first-order valence-corrected chi connectivity index (χ1v) is 11.4. The number of rotatable bonds is 5. The minimum Gasteiger partial charge on any atom is -0.439 e. The van der Waals surface area contributed by atoms with Crippen molar-refractivity contribution in [3.05, 3.63) is 71.8 Å². The van der Waals surface area contributed by atoms with Gasteiger partial charge in [0.25, 0.3) is 0 Å². The van der Waals surface area contributed by atoms with E-state index in [1.807, 2.05) is 67.6 Å². The fourth-order valence-electron chi connectivity index (χ4n) is 5.34. The van der Waals surface area contributed by atoms with Crippen LogP contribution < -0.4 is 0 Å². The largest absolute Gasteiger partial charge is 0.439 e. The highest BCUT2D eigenvalue weighted by Crippen LogP contribution is 2.60. The van der Waals surface area contributed by atoms with Crippen LogP contribution in [-0.4, -0.2) is 53.3 Å². The zero-order chi connectivity index (χ0) is 22.3. The van der Waals surface area contributed by atoms with Crippen molar-refractivity contribution in [2.24, 2.45) is 11.3 Å². The second-order valence-electron chi connectivity index (χ2n) is 9.35. The summed E-state index contributed by atoms with van der Waals surface area (Å²) < 4.78 is 5.57. The molecule has 2 saturated heterocycles. The van der Waals surface area contributed by atoms with E-state index >= 15 is 0 Å². The first-order chi connectivity index (χ1) is 15.5. The Morgan fingerprint density at radius 2 is 1.62 bits per heavy atom. The molecule has 0 aromatic heterocycles. The van der Waals surface area contributed by atoms with Crippen molar-refractivity contribution in [1.29, 1.82) is 0 Å². The van der Waals surface area contributed by atoms with Crippen LogP contribution in [0.2, 0.25) is 0 Å². The van der Waals surface area contributed by atoms with E-state index < -0.39 is 12.2 Å². The van der Waals surface area contributed by atoms with Crippen LogP contribution in [0.25, 0.3) is 0 Å². The minimum absolute atomic E-state index is 0.0335. The molecule has 166 valence electrons. The number of nitrogens with zero attached hydrogens (tertiary/aromatic N) is 2. The molecule has 3 atom stereocenters. The van der Waals surface area contributed by atoms with Gasteiger partial charge >= 0.3 is 6.09 Å². The third-order valence-electron chi connectivity index (χ3n) is 7.44. The van der Waals surface area contributed by atoms with Crippen LogP contribution in [0.3, 0.4) is 0 Å². The lowest BCUT2D eigenvalue weighted by molar-refractivity contribution is -0.131. The van der Waals surface area contributed by atoms with Crippen LogP contribution in [-0.2, 0) is 9.53 Å². The van der Waals surface area contributed by atoms with E-state index in [0.717, 1.165) is 43.5 Å². The third-order valence-corrected chi connectivity index (χ3v) is 7.44. The van der Waals surface area contributed by atoms with Crippen LogP contribution in [0.15, 0.2) is 60.7 Å². The monoisotopic (exact) mass is 432 g/mol. The number of cyclic esters (lactones) is 1. The van der Waals surface area contributed by atoms with Crippen molar-refractivity contribution in [3.63, 3.8) is 0 Å². The van der Waals surface area contributed by atoms with E-state index in [1.54, 1.807) is 0 Å². The molecule has 0 bridgehead atoms. The number of hydrogen-bond donors (Lipinski definition) is 0. The normalized spacial score (nSPS) is 26.7. The summed E-state index contributed by atoms with van der Waals surface area (Å²) in [6.45, 7) is 3.89. The van der Waals surface area contributed by atoms with Gasteiger partial charge in [-0.15, -0.1) is 0 Å². The number of carbonyl (C=O) groups excluding carboxylic acids is 3. The van der Waals surface area contributed by atoms with Gasteiger partial charge in [0, 0.05) is 11.5 Å². The van der Waals surface area contributed by atoms with Gasteiger partial charge < -0.3 is 4.74 Å². The van der Waals surface area contributed by atoms with Gasteiger partial charge in [-0.3, -0.25) is 14.5 Å². The number of hydrogen-bond acceptors (Lipinski definition) is 5. The summed E-state index contributed by atoms with van der Waals surface area (Å²) in [6.07, 6.45) is 1.62. The van der Waals surface area contributed by atoms with Crippen LogP contribution >= 0.6 is 0 Å². The number of ether oxygens (including phenoxy) is 1. The highest BCUT2D eigenvalue weighted by molar-refractivity contribution is 5.98. The van der Waals surface area contributed by atoms with Crippen LogP contribution in [0, 0.1) is 11.3 Å². The maximum absolute atomic E-state index is 13.3. The van der Waals surface area contributed by atoms with Crippen LogP contribution in [0.4, 0.5) is 4.79 Å². The van der Waals surface area contributed by atoms with Crippen molar-refractivity contribution < 1.29 is 19.1 Å². The van der Waals surface area contributed by atoms with Gasteiger partial charge in [0.15, 0.2) is 5.78 Å². The summed E-state index contributed by atoms with van der Waals surface area (Å²) >= 11 is 0. The van der Waals surface area contributed by atoms with Gasteiger partial charge in [-0.1, -0.05) is 60.7 Å². The Balaban J connectivity index is 1.18. The molecule has 6 heteroatoms. The Bertz CT molecular complexity index is 1010. The van der Waals surface area contributed by atoms with Gasteiger partial charge in [-0.25, -0.2) is 9.69 Å². The van der Waals surface area contributed by atoms with Crippen molar-refractivity contribution in [3.8, 4) is 0 Å². The molecule has 5 rings (SSSR count). The van der Waals surface area contributed by atoms with E-state index in [-0.39, 0.29) is 29.1 Å². The lowest BCUT2D eigenvalue weighted by Crippen LogP contribution is -2.42. The van der Waals surface area contributed by atoms with E-state index in [9.17, 15) is 14.4 Å². The first kappa shape index (κ1) is 20.9. The summed E-state index contributed by atoms with van der Waals surface area (Å²) in [5, 5.41) is 0. The summed E-state index contributed by atoms with van der Waals surface area (Å²) in [4.78, 5) is 41.9. The quantitative estimate of drug-likeness (QED) is 0.666. The molecular weight excluding hydrogens is 404 g/mol. The highest BCUT2D eigenvalue weighted by atomic mass is 16.6. The molecule has 0 N–H and O–H groups in total. The SMILES string of the molecule is C[C@@H]1[C@H](c2ccccc2)OC(=O)N1C(=O)C1CC12CCN(CC(=O)c1ccccc1)CC2. The number of likely N-dealkylation sites (tertiary alicyclic amines) is 1. The number of benzene rings is 2. The Morgan fingerprint density at radius 1 is 1.00 bits per heavy atom. The maximum atomic E-state index is 13.3. The molecular formula is C26H28N2O4. The first-order valence-electron chi connectivity index (χ1n) is 11.4. The molecule has 3 fully saturated rings. The molecule has 1 spiro atoms. The fourth-order valence-corrected chi connectivity index (χ4v) is 5.34. The third kappa shape index (κ3) is 3.73. The Hall–Kier alpha value is -2.99. The number of amides is 2. The average molecular weight is 433 g/mol. The average Bonchev–Trinajstić information content (AvgIpc) is 3.44. The minimum atomic E-state index is -0.538. The van der Waals surface area contributed by atoms with Gasteiger partial charge in [-0.05, 0) is 50.3 Å². The van der Waals surface area contributed by atoms with Crippen molar-refractivity contribution >= 4 is 17.8 Å². The van der Waals surface area contributed by atoms with E-state index in [4.69, 9.17) is 4.74 Å². The Morgan fingerprint density at radius 3 is 2.28 bits per heavy atom. The zero-order valence-electron chi connectivity index (χ0n) is 18.3. The maximum Gasteiger partial charge on any atom is 0.417 e. The lowest BCUT2D eigenvalue weighted by Gasteiger charge is -2.32. The predicted octanol–water partition coefficient (Wildman–Crippen LogP) is 4.08. The van der Waals surface area contributed by atoms with Crippen molar-refractivity contribution in [1.82, 2.24) is 9.80 Å². The number of imide groups is 1. The number of Topliss-reactive ketones (excluding diaryl/α,β-unsaturated/α-hetero) is 1. The molecule has 6 nitrogen and oxygen atoms in total. The van der Waals surface area contributed by atoms with Gasteiger partial charge in [0.2, 0.25) is 5.91 Å². The lowest BCUT2D eigenvalue weighted by atomic mass is 9.90. The van der Waals surface area contributed by atoms with E-state index in [2.05, 4.69) is 4.90 Å². The van der Waals surface area contributed by atoms with Gasteiger partial charge in [0.05, 0.1) is 12.6 Å². The topological polar surface area (TPSA) is 66.9 Å². The molecule has 32 heavy (non-hydrogen) atoms. The Labute approximate surface area is 188 Å². The molecule has 1 aliphatic carbocycles. The molecule has 2 amide bonds. The molecule has 1 unspecified atom stereocenters. The second-order valence-corrected chi connectivity index (χ2v) is 9.35. The number of piperidine rings is 1. The predicted molar refractivity (Wildman–Crippen MR) is 119 cm³/mol.